The Hall–Kier alpha value is 0.360. The third-order valence-corrected chi connectivity index (χ3v) is 4.65. The van der Waals surface area contributed by atoms with Gasteiger partial charge >= 0.3 is 0 Å². The number of hydrogen-bond donors (Lipinski definition) is 1. The van der Waals surface area contributed by atoms with Crippen LogP contribution in [-0.4, -0.2) is 54.3 Å². The van der Waals surface area contributed by atoms with E-state index in [1.54, 1.807) is 0 Å². The second-order valence-corrected chi connectivity index (χ2v) is 6.59. The number of ether oxygens (including phenoxy) is 1. The molecule has 1 rings (SSSR count). The Kier molecular flexibility index (Phi) is 12.0. The molecule has 0 aliphatic carbocycles. The normalized spacial score (nSPS) is 17.7. The average molecular weight is 350 g/mol. The quantitative estimate of drug-likeness (QED) is 0.431. The van der Waals surface area contributed by atoms with E-state index < -0.39 is 0 Å². The first-order valence-corrected chi connectivity index (χ1v) is 9.49. The summed E-state index contributed by atoms with van der Waals surface area (Å²) in [7, 11) is 0. The van der Waals surface area contributed by atoms with E-state index in [1.807, 2.05) is 0 Å². The molecule has 0 saturated carbocycles. The molecule has 0 aromatic carbocycles. The maximum Gasteiger partial charge on any atom is 0.0701 e. The highest BCUT2D eigenvalue weighted by Gasteiger charge is 2.18. The predicted molar refractivity (Wildman–Crippen MR) is 88.6 cm³/mol. The van der Waals surface area contributed by atoms with Crippen molar-refractivity contribution < 1.29 is 9.84 Å². The van der Waals surface area contributed by atoms with E-state index in [1.165, 1.54) is 64.6 Å². The van der Waals surface area contributed by atoms with Crippen LogP contribution in [0.25, 0.3) is 0 Å². The van der Waals surface area contributed by atoms with Crippen LogP contribution in [0.1, 0.15) is 57.8 Å². The van der Waals surface area contributed by atoms with Gasteiger partial charge in [0.15, 0.2) is 0 Å². The summed E-state index contributed by atoms with van der Waals surface area (Å²) in [4.78, 5) is 2.57. The summed E-state index contributed by atoms with van der Waals surface area (Å²) >= 11 is 3.48. The minimum Gasteiger partial charge on any atom is -0.394 e. The van der Waals surface area contributed by atoms with Gasteiger partial charge in [0.05, 0.1) is 19.3 Å². The summed E-state index contributed by atoms with van der Waals surface area (Å²) in [6.07, 6.45) is 12.3. The molecule has 0 spiro atoms. The maximum atomic E-state index is 8.75. The molecule has 0 unspecified atom stereocenters. The number of rotatable bonds is 12. The van der Waals surface area contributed by atoms with Crippen LogP contribution in [0.5, 0.6) is 0 Å². The molecule has 0 aromatic rings. The number of aliphatic hydroxyl groups excluding tert-OH is 1. The summed E-state index contributed by atoms with van der Waals surface area (Å²) in [6, 6.07) is 0. The first-order valence-electron chi connectivity index (χ1n) is 8.37. The van der Waals surface area contributed by atoms with Gasteiger partial charge in [-0.2, -0.15) is 0 Å². The van der Waals surface area contributed by atoms with Crippen molar-refractivity contribution >= 4 is 15.9 Å². The third kappa shape index (κ3) is 9.32. The number of likely N-dealkylation sites (tertiary alicyclic amines) is 1. The van der Waals surface area contributed by atoms with Gasteiger partial charge in [-0.15, -0.1) is 0 Å². The molecule has 1 fully saturated rings. The number of alkyl halides is 1. The van der Waals surface area contributed by atoms with Crippen molar-refractivity contribution in [2.24, 2.45) is 0 Å². The highest BCUT2D eigenvalue weighted by Crippen LogP contribution is 2.15. The standard InChI is InChI=1S/C16H32BrNO2/c17-10-6-4-2-1-3-5-7-11-18-12-8-16(9-13-18)20-15-14-19/h16,19H,1-15H2. The van der Waals surface area contributed by atoms with Crippen LogP contribution >= 0.6 is 15.9 Å². The molecule has 1 N–H and O–H groups in total. The van der Waals surface area contributed by atoms with E-state index in [-0.39, 0.29) is 6.61 Å². The van der Waals surface area contributed by atoms with E-state index in [2.05, 4.69) is 20.8 Å². The van der Waals surface area contributed by atoms with Crippen molar-refractivity contribution in [2.75, 3.05) is 38.2 Å². The van der Waals surface area contributed by atoms with Gasteiger partial charge in [0.1, 0.15) is 0 Å². The molecule has 120 valence electrons. The smallest absolute Gasteiger partial charge is 0.0701 e. The highest BCUT2D eigenvalue weighted by atomic mass is 79.9. The number of halogens is 1. The Balaban J connectivity index is 1.86. The van der Waals surface area contributed by atoms with Crippen molar-refractivity contribution in [3.8, 4) is 0 Å². The number of unbranched alkanes of at least 4 members (excludes halogenated alkanes) is 6. The van der Waals surface area contributed by atoms with Crippen molar-refractivity contribution in [1.29, 1.82) is 0 Å². The summed E-state index contributed by atoms with van der Waals surface area (Å²) < 4.78 is 5.59. The minimum atomic E-state index is 0.149. The highest BCUT2D eigenvalue weighted by molar-refractivity contribution is 9.09. The molecule has 1 heterocycles. The third-order valence-electron chi connectivity index (χ3n) is 4.09. The van der Waals surface area contributed by atoms with E-state index in [0.29, 0.717) is 12.7 Å². The van der Waals surface area contributed by atoms with Gasteiger partial charge in [-0.3, -0.25) is 0 Å². The Morgan fingerprint density at radius 1 is 0.950 bits per heavy atom. The summed E-state index contributed by atoms with van der Waals surface area (Å²) in [6.45, 7) is 4.24. The first-order chi connectivity index (χ1) is 9.86. The second kappa shape index (κ2) is 13.1. The lowest BCUT2D eigenvalue weighted by Gasteiger charge is -2.31. The monoisotopic (exact) mass is 349 g/mol. The van der Waals surface area contributed by atoms with Crippen molar-refractivity contribution in [2.45, 2.75) is 63.9 Å². The zero-order chi connectivity index (χ0) is 14.5. The lowest BCUT2D eigenvalue weighted by atomic mass is 10.1. The second-order valence-electron chi connectivity index (χ2n) is 5.80. The van der Waals surface area contributed by atoms with E-state index >= 15 is 0 Å². The van der Waals surface area contributed by atoms with Gasteiger partial charge in [0.2, 0.25) is 0 Å². The largest absolute Gasteiger partial charge is 0.394 e. The molecule has 0 aromatic heterocycles. The number of aliphatic hydroxyl groups is 1. The zero-order valence-corrected chi connectivity index (χ0v) is 14.5. The van der Waals surface area contributed by atoms with Crippen molar-refractivity contribution in [3.63, 3.8) is 0 Å². The first kappa shape index (κ1) is 18.4. The van der Waals surface area contributed by atoms with Crippen LogP contribution in [0.15, 0.2) is 0 Å². The van der Waals surface area contributed by atoms with Gasteiger partial charge in [-0.25, -0.2) is 0 Å². The zero-order valence-electron chi connectivity index (χ0n) is 12.9. The topological polar surface area (TPSA) is 32.7 Å². The van der Waals surface area contributed by atoms with E-state index in [9.17, 15) is 0 Å². The fourth-order valence-electron chi connectivity index (χ4n) is 2.83. The van der Waals surface area contributed by atoms with Gasteiger partial charge < -0.3 is 14.7 Å². The summed E-state index contributed by atoms with van der Waals surface area (Å²) in [5, 5.41) is 9.90. The molecular formula is C16H32BrNO2. The van der Waals surface area contributed by atoms with Crippen LogP contribution < -0.4 is 0 Å². The number of nitrogens with zero attached hydrogens (tertiary/aromatic N) is 1. The van der Waals surface area contributed by atoms with Crippen LogP contribution in [0.3, 0.4) is 0 Å². The molecule has 1 aliphatic heterocycles. The Morgan fingerprint density at radius 2 is 1.55 bits per heavy atom. The predicted octanol–water partition coefficient (Wildman–Crippen LogP) is 3.59. The van der Waals surface area contributed by atoms with Crippen LogP contribution in [0, 0.1) is 0 Å². The fraction of sp³-hybridized carbons (Fsp3) is 1.00. The van der Waals surface area contributed by atoms with Gasteiger partial charge in [-0.1, -0.05) is 48.0 Å². The summed E-state index contributed by atoms with van der Waals surface area (Å²) in [5.41, 5.74) is 0. The van der Waals surface area contributed by atoms with Crippen LogP contribution in [-0.2, 0) is 4.74 Å². The fourth-order valence-corrected chi connectivity index (χ4v) is 3.23. The molecule has 3 nitrogen and oxygen atoms in total. The SMILES string of the molecule is OCCOC1CCN(CCCCCCCCCBr)CC1. The van der Waals surface area contributed by atoms with Crippen molar-refractivity contribution in [3.05, 3.63) is 0 Å². The van der Waals surface area contributed by atoms with Crippen molar-refractivity contribution in [1.82, 2.24) is 4.90 Å². The average Bonchev–Trinajstić information content (AvgIpc) is 2.49. The van der Waals surface area contributed by atoms with E-state index in [0.717, 1.165) is 18.2 Å². The van der Waals surface area contributed by atoms with Crippen LogP contribution in [0.2, 0.25) is 0 Å². The molecule has 1 saturated heterocycles. The Morgan fingerprint density at radius 3 is 2.15 bits per heavy atom. The molecular weight excluding hydrogens is 318 g/mol. The molecule has 0 atom stereocenters. The summed E-state index contributed by atoms with van der Waals surface area (Å²) in [5.74, 6) is 0. The van der Waals surface area contributed by atoms with Gasteiger partial charge in [-0.05, 0) is 32.2 Å². The number of piperidine rings is 1. The molecule has 0 amide bonds. The van der Waals surface area contributed by atoms with Gasteiger partial charge in [0.25, 0.3) is 0 Å². The molecule has 0 bridgehead atoms. The molecule has 0 radical (unpaired) electrons. The minimum absolute atomic E-state index is 0.149. The number of hydrogen-bond acceptors (Lipinski definition) is 3. The van der Waals surface area contributed by atoms with Gasteiger partial charge in [0, 0.05) is 18.4 Å². The lowest BCUT2D eigenvalue weighted by Crippen LogP contribution is -2.37. The Bertz CT molecular complexity index is 209. The molecule has 4 heteroatoms. The molecule has 20 heavy (non-hydrogen) atoms. The maximum absolute atomic E-state index is 8.75. The lowest BCUT2D eigenvalue weighted by molar-refractivity contribution is -0.00788. The van der Waals surface area contributed by atoms with Crippen LogP contribution in [0.4, 0.5) is 0 Å². The molecule has 1 aliphatic rings. The Labute approximate surface area is 133 Å². The van der Waals surface area contributed by atoms with E-state index in [4.69, 9.17) is 9.84 Å².